The number of thiocarbonyl (C=S) groups is 1. The van der Waals surface area contributed by atoms with E-state index in [-0.39, 0.29) is 22.2 Å². The molecule has 158 valence electrons. The summed E-state index contributed by atoms with van der Waals surface area (Å²) >= 11 is 11.2. The maximum Gasteiger partial charge on any atom is 0.345 e. The molecule has 3 aromatic carbocycles. The summed E-state index contributed by atoms with van der Waals surface area (Å²) in [6, 6.07) is 17.3. The summed E-state index contributed by atoms with van der Waals surface area (Å²) in [4.78, 5) is 12.4. The summed E-state index contributed by atoms with van der Waals surface area (Å²) in [6.07, 6.45) is 1.51. The van der Waals surface area contributed by atoms with Crippen LogP contribution in [0.15, 0.2) is 71.8 Å². The fraction of sp³-hybridized carbons (Fsp3) is 0.0455. The van der Waals surface area contributed by atoms with Crippen molar-refractivity contribution < 1.29 is 18.7 Å². The quantitative estimate of drug-likeness (QED) is 0.178. The van der Waals surface area contributed by atoms with E-state index in [1.54, 1.807) is 54.6 Å². The lowest BCUT2D eigenvalue weighted by molar-refractivity contribution is 0.0730. The lowest BCUT2D eigenvalue weighted by Crippen LogP contribution is -2.23. The van der Waals surface area contributed by atoms with E-state index >= 15 is 0 Å². The number of hydrogen-bond acceptors (Lipinski definition) is 5. The number of hydrazone groups is 1. The lowest BCUT2D eigenvalue weighted by atomic mass is 10.2. The van der Waals surface area contributed by atoms with E-state index in [9.17, 15) is 9.18 Å². The van der Waals surface area contributed by atoms with Crippen LogP contribution in [0.3, 0.4) is 0 Å². The van der Waals surface area contributed by atoms with Crippen LogP contribution < -0.4 is 20.2 Å². The smallest absolute Gasteiger partial charge is 0.345 e. The molecule has 0 aliphatic carbocycles. The Bertz CT molecular complexity index is 1120. The molecule has 0 radical (unpaired) electrons. The van der Waals surface area contributed by atoms with Crippen molar-refractivity contribution in [3.8, 4) is 11.5 Å². The minimum atomic E-state index is -0.593. The van der Waals surface area contributed by atoms with Crippen LogP contribution in [0.25, 0.3) is 0 Å². The van der Waals surface area contributed by atoms with Gasteiger partial charge >= 0.3 is 5.97 Å². The van der Waals surface area contributed by atoms with Gasteiger partial charge in [0, 0.05) is 5.69 Å². The van der Waals surface area contributed by atoms with Crippen molar-refractivity contribution in [2.24, 2.45) is 5.10 Å². The van der Waals surface area contributed by atoms with E-state index in [4.69, 9.17) is 33.3 Å². The largest absolute Gasteiger partial charge is 0.493 e. The normalized spacial score (nSPS) is 10.5. The van der Waals surface area contributed by atoms with Crippen LogP contribution in [0.1, 0.15) is 15.9 Å². The molecule has 0 heterocycles. The van der Waals surface area contributed by atoms with Crippen molar-refractivity contribution >= 4 is 46.8 Å². The highest BCUT2D eigenvalue weighted by Gasteiger charge is 2.15. The molecule has 0 aromatic heterocycles. The SMILES string of the molecule is COc1cc(/C=N/NC(=S)Nc2ccc(F)cc2)ccc1OC(=O)c1ccccc1Cl. The number of hydrogen-bond donors (Lipinski definition) is 2. The minimum absolute atomic E-state index is 0.236. The van der Waals surface area contributed by atoms with Gasteiger partial charge in [-0.15, -0.1) is 0 Å². The molecule has 3 rings (SSSR count). The van der Waals surface area contributed by atoms with E-state index < -0.39 is 5.97 Å². The van der Waals surface area contributed by atoms with Crippen LogP contribution in [0.2, 0.25) is 5.02 Å². The molecule has 0 aliphatic heterocycles. The molecule has 0 spiro atoms. The van der Waals surface area contributed by atoms with Crippen LogP contribution in [0.5, 0.6) is 11.5 Å². The standard InChI is InChI=1S/C22H17ClFN3O3S/c1-29-20-12-14(13-25-27-22(31)26-16-9-7-15(24)8-10-16)6-11-19(20)30-21(28)17-4-2-3-5-18(17)23/h2-13H,1H3,(H2,26,27,31)/b25-13+. The molecule has 0 aliphatic rings. The molecular formula is C22H17ClFN3O3S. The van der Waals surface area contributed by atoms with Crippen LogP contribution in [0.4, 0.5) is 10.1 Å². The van der Waals surface area contributed by atoms with Crippen LogP contribution >= 0.6 is 23.8 Å². The van der Waals surface area contributed by atoms with Crippen molar-refractivity contribution in [1.82, 2.24) is 5.43 Å². The number of ether oxygens (including phenoxy) is 2. The predicted molar refractivity (Wildman–Crippen MR) is 123 cm³/mol. The first kappa shape index (κ1) is 22.2. The second-order valence-corrected chi connectivity index (χ2v) is 6.93. The van der Waals surface area contributed by atoms with E-state index in [1.807, 2.05) is 0 Å². The number of anilines is 1. The zero-order valence-corrected chi connectivity index (χ0v) is 17.8. The molecule has 0 bridgehead atoms. The van der Waals surface area contributed by atoms with Gasteiger partial charge in [-0.25, -0.2) is 9.18 Å². The van der Waals surface area contributed by atoms with Gasteiger partial charge in [-0.05, 0) is 72.4 Å². The zero-order chi connectivity index (χ0) is 22.2. The molecule has 0 fully saturated rings. The third kappa shape index (κ3) is 6.24. The highest BCUT2D eigenvalue weighted by Crippen LogP contribution is 2.29. The van der Waals surface area contributed by atoms with Gasteiger partial charge < -0.3 is 14.8 Å². The molecule has 31 heavy (non-hydrogen) atoms. The number of carbonyl (C=O) groups excluding carboxylic acids is 1. The molecule has 0 saturated carbocycles. The second kappa shape index (κ2) is 10.5. The van der Waals surface area contributed by atoms with Gasteiger partial charge in [0.1, 0.15) is 5.82 Å². The summed E-state index contributed by atoms with van der Waals surface area (Å²) in [5.74, 6) is -0.344. The third-order valence-corrected chi connectivity index (χ3v) is 4.49. The van der Waals surface area contributed by atoms with Crippen molar-refractivity contribution in [2.75, 3.05) is 12.4 Å². The van der Waals surface area contributed by atoms with Crippen molar-refractivity contribution in [1.29, 1.82) is 0 Å². The van der Waals surface area contributed by atoms with Crippen LogP contribution in [-0.2, 0) is 0 Å². The molecular weight excluding hydrogens is 441 g/mol. The Kier molecular flexibility index (Phi) is 7.53. The van der Waals surface area contributed by atoms with E-state index in [0.717, 1.165) is 0 Å². The lowest BCUT2D eigenvalue weighted by Gasteiger charge is -2.10. The highest BCUT2D eigenvalue weighted by atomic mass is 35.5. The highest BCUT2D eigenvalue weighted by molar-refractivity contribution is 7.80. The fourth-order valence-electron chi connectivity index (χ4n) is 2.49. The van der Waals surface area contributed by atoms with Gasteiger partial charge in [0.25, 0.3) is 0 Å². The Morgan fingerprint density at radius 1 is 1.10 bits per heavy atom. The first-order valence-corrected chi connectivity index (χ1v) is 9.75. The van der Waals surface area contributed by atoms with E-state index in [2.05, 4.69) is 15.8 Å². The average Bonchev–Trinajstić information content (AvgIpc) is 2.76. The number of nitrogens with one attached hydrogen (secondary N) is 2. The molecule has 0 atom stereocenters. The van der Waals surface area contributed by atoms with Gasteiger partial charge in [-0.3, -0.25) is 5.43 Å². The molecule has 0 unspecified atom stereocenters. The summed E-state index contributed by atoms with van der Waals surface area (Å²) < 4.78 is 23.7. The average molecular weight is 458 g/mol. The van der Waals surface area contributed by atoms with Gasteiger partial charge in [0.2, 0.25) is 0 Å². The Morgan fingerprint density at radius 2 is 1.84 bits per heavy atom. The first-order chi connectivity index (χ1) is 15.0. The van der Waals surface area contributed by atoms with E-state index in [0.29, 0.717) is 22.0 Å². The number of methoxy groups -OCH3 is 1. The Balaban J connectivity index is 1.62. The predicted octanol–water partition coefficient (Wildman–Crippen LogP) is 5.03. The maximum atomic E-state index is 12.9. The summed E-state index contributed by atoms with van der Waals surface area (Å²) in [5, 5.41) is 7.46. The third-order valence-electron chi connectivity index (χ3n) is 3.97. The van der Waals surface area contributed by atoms with Gasteiger partial charge in [-0.1, -0.05) is 23.7 Å². The molecule has 6 nitrogen and oxygen atoms in total. The van der Waals surface area contributed by atoms with Gasteiger partial charge in [0.15, 0.2) is 16.6 Å². The molecule has 0 amide bonds. The summed E-state index contributed by atoms with van der Waals surface area (Å²) in [7, 11) is 1.46. The number of nitrogens with zero attached hydrogens (tertiary/aromatic N) is 1. The van der Waals surface area contributed by atoms with Gasteiger partial charge in [-0.2, -0.15) is 5.10 Å². The Labute approximate surface area is 188 Å². The van der Waals surface area contributed by atoms with Crippen molar-refractivity contribution in [3.05, 3.63) is 88.7 Å². The number of esters is 1. The molecule has 0 saturated heterocycles. The number of carbonyl (C=O) groups is 1. The number of benzene rings is 3. The molecule has 3 aromatic rings. The van der Waals surface area contributed by atoms with Crippen molar-refractivity contribution in [2.45, 2.75) is 0 Å². The monoisotopic (exact) mass is 457 g/mol. The summed E-state index contributed by atoms with van der Waals surface area (Å²) in [6.45, 7) is 0. The summed E-state index contributed by atoms with van der Waals surface area (Å²) in [5.41, 5.74) is 4.21. The number of rotatable bonds is 6. The number of halogens is 2. The maximum absolute atomic E-state index is 12.9. The van der Waals surface area contributed by atoms with Crippen LogP contribution in [0, 0.1) is 5.82 Å². The van der Waals surface area contributed by atoms with E-state index in [1.165, 1.54) is 25.5 Å². The zero-order valence-electron chi connectivity index (χ0n) is 16.3. The molecule has 2 N–H and O–H groups in total. The first-order valence-electron chi connectivity index (χ1n) is 8.96. The topological polar surface area (TPSA) is 71.9 Å². The van der Waals surface area contributed by atoms with Gasteiger partial charge in [0.05, 0.1) is 23.9 Å². The van der Waals surface area contributed by atoms with Crippen molar-refractivity contribution in [3.63, 3.8) is 0 Å². The minimum Gasteiger partial charge on any atom is -0.493 e. The Morgan fingerprint density at radius 3 is 2.55 bits per heavy atom. The van der Waals surface area contributed by atoms with Crippen LogP contribution in [-0.4, -0.2) is 24.4 Å². The Hall–Kier alpha value is -3.49. The second-order valence-electron chi connectivity index (χ2n) is 6.11. The fourth-order valence-corrected chi connectivity index (χ4v) is 2.87. The molecule has 9 heteroatoms.